The number of aromatic hydroxyl groups is 2. The lowest BCUT2D eigenvalue weighted by Crippen LogP contribution is -2.45. The van der Waals surface area contributed by atoms with Gasteiger partial charge in [0.1, 0.15) is 12.0 Å². The first-order chi connectivity index (χ1) is 10.7. The number of aliphatic imine (C=N–C) groups is 1. The van der Waals surface area contributed by atoms with E-state index in [1.165, 1.54) is 6.07 Å². The molecule has 2 heterocycles. The van der Waals surface area contributed by atoms with Crippen LogP contribution in [0.4, 0.5) is 5.69 Å². The minimum atomic E-state index is -0.104. The summed E-state index contributed by atoms with van der Waals surface area (Å²) < 4.78 is 0. The molecule has 0 bridgehead atoms. The molecule has 3 N–H and O–H groups in total. The summed E-state index contributed by atoms with van der Waals surface area (Å²) in [6, 6.07) is 13.1. The van der Waals surface area contributed by atoms with E-state index >= 15 is 0 Å². The third-order valence-corrected chi connectivity index (χ3v) is 4.18. The minimum Gasteiger partial charge on any atom is -0.504 e. The Labute approximate surface area is 128 Å². The normalized spacial score (nSPS) is 19.7. The lowest BCUT2D eigenvalue weighted by Gasteiger charge is -2.42. The molecule has 0 spiro atoms. The molecule has 2 aliphatic rings. The van der Waals surface area contributed by atoms with Crippen molar-refractivity contribution in [3.8, 4) is 11.5 Å². The van der Waals surface area contributed by atoms with Gasteiger partial charge in [-0.25, -0.2) is 0 Å². The summed E-state index contributed by atoms with van der Waals surface area (Å²) in [5.41, 5.74) is 3.05. The van der Waals surface area contributed by atoms with Crippen molar-refractivity contribution in [3.05, 3.63) is 53.6 Å². The van der Waals surface area contributed by atoms with Crippen LogP contribution in [0.1, 0.15) is 23.7 Å². The molecule has 22 heavy (non-hydrogen) atoms. The van der Waals surface area contributed by atoms with E-state index in [9.17, 15) is 10.2 Å². The van der Waals surface area contributed by atoms with Gasteiger partial charge < -0.3 is 20.4 Å². The van der Waals surface area contributed by atoms with Crippen LogP contribution >= 0.6 is 0 Å². The SMILES string of the molecule is Oc1ccc([C@H]2Nc3ccccc3C3=NCCCN32)cc1O. The largest absolute Gasteiger partial charge is 0.504 e. The molecule has 0 amide bonds. The first-order valence-corrected chi connectivity index (χ1v) is 7.43. The van der Waals surface area contributed by atoms with Gasteiger partial charge in [0.2, 0.25) is 0 Å². The van der Waals surface area contributed by atoms with E-state index in [-0.39, 0.29) is 17.7 Å². The molecule has 2 aromatic rings. The van der Waals surface area contributed by atoms with Crippen LogP contribution in [0.5, 0.6) is 11.5 Å². The van der Waals surface area contributed by atoms with Crippen molar-refractivity contribution in [3.63, 3.8) is 0 Å². The van der Waals surface area contributed by atoms with Gasteiger partial charge in [0, 0.05) is 24.3 Å². The van der Waals surface area contributed by atoms with Crippen molar-refractivity contribution in [2.45, 2.75) is 12.6 Å². The van der Waals surface area contributed by atoms with E-state index in [2.05, 4.69) is 16.3 Å². The zero-order valence-corrected chi connectivity index (χ0v) is 12.0. The predicted octanol–water partition coefficient (Wildman–Crippen LogP) is 2.67. The third kappa shape index (κ3) is 1.97. The topological polar surface area (TPSA) is 68.1 Å². The highest BCUT2D eigenvalue weighted by molar-refractivity contribution is 6.05. The first kappa shape index (κ1) is 13.0. The second-order valence-corrected chi connectivity index (χ2v) is 5.59. The van der Waals surface area contributed by atoms with E-state index in [4.69, 9.17) is 4.99 Å². The van der Waals surface area contributed by atoms with Gasteiger partial charge in [0.25, 0.3) is 0 Å². The lowest BCUT2D eigenvalue weighted by atomic mass is 10.0. The van der Waals surface area contributed by atoms with Crippen molar-refractivity contribution in [1.29, 1.82) is 0 Å². The van der Waals surface area contributed by atoms with Gasteiger partial charge in [-0.2, -0.15) is 0 Å². The zero-order chi connectivity index (χ0) is 15.1. The number of para-hydroxylation sites is 1. The summed E-state index contributed by atoms with van der Waals surface area (Å²) in [7, 11) is 0. The maximum atomic E-state index is 9.80. The molecule has 0 saturated carbocycles. The minimum absolute atomic E-state index is 0.0968. The fourth-order valence-electron chi connectivity index (χ4n) is 3.12. The van der Waals surface area contributed by atoms with E-state index in [1.807, 2.05) is 24.3 Å². The monoisotopic (exact) mass is 295 g/mol. The second kappa shape index (κ2) is 4.94. The van der Waals surface area contributed by atoms with Crippen LogP contribution in [0, 0.1) is 0 Å². The molecule has 2 aromatic carbocycles. The van der Waals surface area contributed by atoms with Gasteiger partial charge in [-0.1, -0.05) is 18.2 Å². The summed E-state index contributed by atoms with van der Waals surface area (Å²) in [5.74, 6) is 0.791. The number of amidine groups is 1. The van der Waals surface area contributed by atoms with Crippen LogP contribution in [-0.2, 0) is 0 Å². The van der Waals surface area contributed by atoms with Gasteiger partial charge in [0.05, 0.1) is 0 Å². The summed E-state index contributed by atoms with van der Waals surface area (Å²) in [4.78, 5) is 6.92. The van der Waals surface area contributed by atoms with Crippen molar-refractivity contribution >= 4 is 11.5 Å². The van der Waals surface area contributed by atoms with Crippen LogP contribution in [0.15, 0.2) is 47.5 Å². The van der Waals surface area contributed by atoms with E-state index in [0.29, 0.717) is 0 Å². The molecule has 0 saturated heterocycles. The Morgan fingerprint density at radius 1 is 1.09 bits per heavy atom. The molecular weight excluding hydrogens is 278 g/mol. The van der Waals surface area contributed by atoms with Gasteiger partial charge in [0.15, 0.2) is 11.5 Å². The number of rotatable bonds is 1. The molecule has 4 rings (SSSR count). The Hall–Kier alpha value is -2.69. The van der Waals surface area contributed by atoms with E-state index in [1.54, 1.807) is 6.07 Å². The van der Waals surface area contributed by atoms with E-state index in [0.717, 1.165) is 42.2 Å². The van der Waals surface area contributed by atoms with Crippen molar-refractivity contribution in [2.24, 2.45) is 4.99 Å². The average molecular weight is 295 g/mol. The quantitative estimate of drug-likeness (QED) is 0.708. The van der Waals surface area contributed by atoms with Gasteiger partial charge >= 0.3 is 0 Å². The Morgan fingerprint density at radius 3 is 2.82 bits per heavy atom. The fraction of sp³-hybridized carbons (Fsp3) is 0.235. The fourth-order valence-corrected chi connectivity index (χ4v) is 3.12. The van der Waals surface area contributed by atoms with Crippen molar-refractivity contribution in [1.82, 2.24) is 4.90 Å². The summed E-state index contributed by atoms with van der Waals surface area (Å²) in [6.07, 6.45) is 0.911. The summed E-state index contributed by atoms with van der Waals surface area (Å²) in [6.45, 7) is 1.75. The molecule has 1 atom stereocenters. The highest BCUT2D eigenvalue weighted by Gasteiger charge is 2.32. The van der Waals surface area contributed by atoms with Crippen LogP contribution in [0.25, 0.3) is 0 Å². The van der Waals surface area contributed by atoms with E-state index < -0.39 is 0 Å². The Balaban J connectivity index is 1.82. The molecule has 5 nitrogen and oxygen atoms in total. The summed E-state index contributed by atoms with van der Waals surface area (Å²) >= 11 is 0. The molecule has 0 aliphatic carbocycles. The molecule has 0 fully saturated rings. The highest BCUT2D eigenvalue weighted by Crippen LogP contribution is 2.37. The molecule has 2 aliphatic heterocycles. The molecule has 112 valence electrons. The van der Waals surface area contributed by atoms with Gasteiger partial charge in [-0.05, 0) is 36.2 Å². The predicted molar refractivity (Wildman–Crippen MR) is 85.3 cm³/mol. The standard InChI is InChI=1S/C17H17N3O2/c21-14-7-6-11(10-15(14)22)16-19-13-5-2-1-4-12(13)17-18-8-3-9-20(16)17/h1-2,4-7,10,16,19,21-22H,3,8-9H2/t16-/m0/s1. The number of nitrogens with one attached hydrogen (secondary N) is 1. The number of phenolic OH excluding ortho intramolecular Hbond substituents is 2. The number of hydrogen-bond acceptors (Lipinski definition) is 5. The zero-order valence-electron chi connectivity index (χ0n) is 12.0. The molecule has 5 heteroatoms. The van der Waals surface area contributed by atoms with Crippen molar-refractivity contribution < 1.29 is 10.2 Å². The first-order valence-electron chi connectivity index (χ1n) is 7.43. The van der Waals surface area contributed by atoms with Crippen LogP contribution < -0.4 is 5.32 Å². The van der Waals surface area contributed by atoms with Crippen LogP contribution in [0.2, 0.25) is 0 Å². The van der Waals surface area contributed by atoms with Gasteiger partial charge in [-0.3, -0.25) is 4.99 Å². The number of anilines is 1. The molecular formula is C17H17N3O2. The Kier molecular flexibility index (Phi) is 2.92. The third-order valence-electron chi connectivity index (χ3n) is 4.18. The summed E-state index contributed by atoms with van der Waals surface area (Å²) in [5, 5.41) is 22.8. The number of hydrogen-bond donors (Lipinski definition) is 3. The maximum absolute atomic E-state index is 9.80. The lowest BCUT2D eigenvalue weighted by molar-refractivity contribution is 0.321. The van der Waals surface area contributed by atoms with Crippen molar-refractivity contribution in [2.75, 3.05) is 18.4 Å². The van der Waals surface area contributed by atoms with Crippen LogP contribution in [0.3, 0.4) is 0 Å². The number of phenols is 2. The molecule has 0 unspecified atom stereocenters. The maximum Gasteiger partial charge on any atom is 0.157 e. The number of nitrogens with zero attached hydrogens (tertiary/aromatic N) is 2. The molecule has 0 aromatic heterocycles. The highest BCUT2D eigenvalue weighted by atomic mass is 16.3. The number of benzene rings is 2. The Bertz CT molecular complexity index is 757. The average Bonchev–Trinajstić information content (AvgIpc) is 2.57. The molecule has 0 radical (unpaired) electrons. The Morgan fingerprint density at radius 2 is 1.95 bits per heavy atom. The van der Waals surface area contributed by atoms with Gasteiger partial charge in [-0.15, -0.1) is 0 Å². The smallest absolute Gasteiger partial charge is 0.157 e. The second-order valence-electron chi connectivity index (χ2n) is 5.59. The van der Waals surface area contributed by atoms with Crippen LogP contribution in [-0.4, -0.2) is 34.0 Å². The number of fused-ring (bicyclic) bond motifs is 3.